The van der Waals surface area contributed by atoms with Gasteiger partial charge in [-0.05, 0) is 47.1 Å². The van der Waals surface area contributed by atoms with Gasteiger partial charge in [0.1, 0.15) is 5.75 Å². The second kappa shape index (κ2) is 8.39. The van der Waals surface area contributed by atoms with Gasteiger partial charge in [0.2, 0.25) is 0 Å². The van der Waals surface area contributed by atoms with Crippen molar-refractivity contribution in [3.8, 4) is 17.2 Å². The monoisotopic (exact) mass is 408 g/mol. The summed E-state index contributed by atoms with van der Waals surface area (Å²) in [6, 6.07) is 9.07. The van der Waals surface area contributed by atoms with Crippen molar-refractivity contribution in [2.24, 2.45) is 0 Å². The Bertz CT molecular complexity index is 795. The van der Waals surface area contributed by atoms with Crippen LogP contribution in [-0.4, -0.2) is 30.6 Å². The Morgan fingerprint density at radius 3 is 2.48 bits per heavy atom. The molecule has 2 rings (SSSR count). The predicted octanol–water partition coefficient (Wildman–Crippen LogP) is 2.64. The lowest BCUT2D eigenvalue weighted by Gasteiger charge is -2.13. The van der Waals surface area contributed by atoms with Crippen LogP contribution in [0.25, 0.3) is 0 Å². The minimum Gasteiger partial charge on any atom is -0.507 e. The molecule has 0 saturated carbocycles. The van der Waals surface area contributed by atoms with Crippen LogP contribution in [0.5, 0.6) is 17.2 Å². The quantitative estimate of drug-likeness (QED) is 0.660. The van der Waals surface area contributed by atoms with Gasteiger partial charge in [0.05, 0.1) is 23.8 Å². The standard InChI is InChI=1S/C17H17BrN2O5/c1-3-25-14-9-10(8-12(18)15(14)24-2)16(22)19-20-17(23)11-6-4-5-7-13(11)21/h4-9,21H,3H2,1-2H3,(H,19,22)(H,20,23). The van der Waals surface area contributed by atoms with Crippen LogP contribution in [0.2, 0.25) is 0 Å². The molecule has 0 atom stereocenters. The van der Waals surface area contributed by atoms with Gasteiger partial charge in [-0.3, -0.25) is 20.4 Å². The number of benzene rings is 2. The molecule has 25 heavy (non-hydrogen) atoms. The number of rotatable bonds is 5. The number of hydrogen-bond donors (Lipinski definition) is 3. The molecule has 0 spiro atoms. The van der Waals surface area contributed by atoms with Crippen LogP contribution in [0.15, 0.2) is 40.9 Å². The fourth-order valence-electron chi connectivity index (χ4n) is 2.08. The summed E-state index contributed by atoms with van der Waals surface area (Å²) in [6.07, 6.45) is 0. The molecule has 2 aromatic rings. The van der Waals surface area contributed by atoms with Crippen molar-refractivity contribution in [3.63, 3.8) is 0 Å². The first-order valence-electron chi connectivity index (χ1n) is 7.37. The van der Waals surface area contributed by atoms with E-state index in [1.165, 1.54) is 25.3 Å². The van der Waals surface area contributed by atoms with Crippen LogP contribution in [0.4, 0.5) is 0 Å². The average molecular weight is 409 g/mol. The van der Waals surface area contributed by atoms with Crippen LogP contribution in [-0.2, 0) is 0 Å². The van der Waals surface area contributed by atoms with Gasteiger partial charge in [-0.1, -0.05) is 12.1 Å². The van der Waals surface area contributed by atoms with Crippen molar-refractivity contribution in [1.82, 2.24) is 10.9 Å². The molecule has 0 fully saturated rings. The first-order chi connectivity index (χ1) is 12.0. The molecule has 7 nitrogen and oxygen atoms in total. The number of phenols is 1. The summed E-state index contributed by atoms with van der Waals surface area (Å²) in [5, 5.41) is 9.64. The van der Waals surface area contributed by atoms with E-state index in [9.17, 15) is 14.7 Å². The Morgan fingerprint density at radius 2 is 1.84 bits per heavy atom. The maximum absolute atomic E-state index is 12.3. The molecule has 8 heteroatoms. The number of halogens is 1. The Balaban J connectivity index is 2.13. The highest BCUT2D eigenvalue weighted by Crippen LogP contribution is 2.36. The number of methoxy groups -OCH3 is 1. The number of ether oxygens (including phenoxy) is 2. The summed E-state index contributed by atoms with van der Waals surface area (Å²) in [7, 11) is 1.49. The van der Waals surface area contributed by atoms with Crippen LogP contribution in [0.1, 0.15) is 27.6 Å². The average Bonchev–Trinajstić information content (AvgIpc) is 2.59. The summed E-state index contributed by atoms with van der Waals surface area (Å²) in [4.78, 5) is 24.3. The Morgan fingerprint density at radius 1 is 1.16 bits per heavy atom. The van der Waals surface area contributed by atoms with Crippen molar-refractivity contribution in [3.05, 3.63) is 52.0 Å². The largest absolute Gasteiger partial charge is 0.507 e. The number of carbonyl (C=O) groups excluding carboxylic acids is 2. The van der Waals surface area contributed by atoms with E-state index < -0.39 is 11.8 Å². The minimum atomic E-state index is -0.635. The van der Waals surface area contributed by atoms with E-state index in [1.54, 1.807) is 18.2 Å². The number of aromatic hydroxyl groups is 1. The molecule has 2 aromatic carbocycles. The minimum absolute atomic E-state index is 0.0497. The van der Waals surface area contributed by atoms with Gasteiger partial charge < -0.3 is 14.6 Å². The molecule has 0 unspecified atom stereocenters. The van der Waals surface area contributed by atoms with Gasteiger partial charge in [0.25, 0.3) is 11.8 Å². The molecule has 0 saturated heterocycles. The fraction of sp³-hybridized carbons (Fsp3) is 0.176. The number of hydrazine groups is 1. The van der Waals surface area contributed by atoms with Crippen molar-refractivity contribution in [2.45, 2.75) is 6.92 Å². The summed E-state index contributed by atoms with van der Waals surface area (Å²) in [5.41, 5.74) is 4.85. The summed E-state index contributed by atoms with van der Waals surface area (Å²) in [5.74, 6) is -0.495. The first-order valence-corrected chi connectivity index (χ1v) is 8.16. The molecule has 0 aliphatic heterocycles. The highest BCUT2D eigenvalue weighted by atomic mass is 79.9. The van der Waals surface area contributed by atoms with Crippen molar-refractivity contribution in [1.29, 1.82) is 0 Å². The summed E-state index contributed by atoms with van der Waals surface area (Å²) in [6.45, 7) is 2.21. The molecule has 0 aliphatic carbocycles. The zero-order valence-corrected chi connectivity index (χ0v) is 15.2. The molecule has 2 amide bonds. The van der Waals surface area contributed by atoms with Gasteiger partial charge in [-0.15, -0.1) is 0 Å². The van der Waals surface area contributed by atoms with E-state index in [0.717, 1.165) is 0 Å². The maximum atomic E-state index is 12.3. The highest BCUT2D eigenvalue weighted by molar-refractivity contribution is 9.10. The topological polar surface area (TPSA) is 96.9 Å². The normalized spacial score (nSPS) is 10.0. The van der Waals surface area contributed by atoms with Crippen LogP contribution >= 0.6 is 15.9 Å². The number of carbonyl (C=O) groups is 2. The third kappa shape index (κ3) is 4.42. The van der Waals surface area contributed by atoms with Gasteiger partial charge in [-0.25, -0.2) is 0 Å². The summed E-state index contributed by atoms with van der Waals surface area (Å²) < 4.78 is 11.2. The van der Waals surface area contributed by atoms with E-state index >= 15 is 0 Å². The van der Waals surface area contributed by atoms with Gasteiger partial charge >= 0.3 is 0 Å². The molecule has 0 bridgehead atoms. The number of hydrogen-bond acceptors (Lipinski definition) is 5. The highest BCUT2D eigenvalue weighted by Gasteiger charge is 2.17. The van der Waals surface area contributed by atoms with E-state index in [4.69, 9.17) is 9.47 Å². The second-order valence-electron chi connectivity index (χ2n) is 4.85. The molecule has 132 valence electrons. The Kier molecular flexibility index (Phi) is 6.24. The van der Waals surface area contributed by atoms with Crippen LogP contribution in [0.3, 0.4) is 0 Å². The van der Waals surface area contributed by atoms with Crippen LogP contribution in [0, 0.1) is 0 Å². The number of phenolic OH excluding ortho intramolecular Hbond substituents is 1. The second-order valence-corrected chi connectivity index (χ2v) is 5.70. The van der Waals surface area contributed by atoms with Crippen molar-refractivity contribution < 1.29 is 24.2 Å². The zero-order chi connectivity index (χ0) is 18.4. The molecular formula is C17H17BrN2O5. The molecule has 0 aromatic heterocycles. The zero-order valence-electron chi connectivity index (χ0n) is 13.6. The lowest BCUT2D eigenvalue weighted by Crippen LogP contribution is -2.41. The molecule has 0 heterocycles. The smallest absolute Gasteiger partial charge is 0.273 e. The van der Waals surface area contributed by atoms with Crippen LogP contribution < -0.4 is 20.3 Å². The molecular weight excluding hydrogens is 392 g/mol. The molecule has 3 N–H and O–H groups in total. The van der Waals surface area contributed by atoms with E-state index in [1.807, 2.05) is 6.92 Å². The maximum Gasteiger partial charge on any atom is 0.273 e. The molecule has 0 radical (unpaired) electrons. The number of para-hydroxylation sites is 1. The van der Waals surface area contributed by atoms with Gasteiger partial charge in [0, 0.05) is 5.56 Å². The predicted molar refractivity (Wildman–Crippen MR) is 94.9 cm³/mol. The van der Waals surface area contributed by atoms with Crippen molar-refractivity contribution >= 4 is 27.7 Å². The van der Waals surface area contributed by atoms with Gasteiger partial charge in [0.15, 0.2) is 11.5 Å². The number of nitrogens with one attached hydrogen (secondary N) is 2. The number of amides is 2. The fourth-order valence-corrected chi connectivity index (χ4v) is 2.68. The van der Waals surface area contributed by atoms with E-state index in [0.29, 0.717) is 22.6 Å². The lowest BCUT2D eigenvalue weighted by atomic mass is 10.2. The first kappa shape index (κ1) is 18.6. The van der Waals surface area contributed by atoms with E-state index in [2.05, 4.69) is 26.8 Å². The SMILES string of the molecule is CCOc1cc(C(=O)NNC(=O)c2ccccc2O)cc(Br)c1OC. The Hall–Kier alpha value is -2.74. The molecule has 0 aliphatic rings. The van der Waals surface area contributed by atoms with Crippen molar-refractivity contribution in [2.75, 3.05) is 13.7 Å². The summed E-state index contributed by atoms with van der Waals surface area (Å²) >= 11 is 3.32. The third-order valence-corrected chi connectivity index (χ3v) is 3.80. The lowest BCUT2D eigenvalue weighted by molar-refractivity contribution is 0.0844. The van der Waals surface area contributed by atoms with Gasteiger partial charge in [-0.2, -0.15) is 0 Å². The third-order valence-electron chi connectivity index (χ3n) is 3.21. The Labute approximate surface area is 153 Å². The van der Waals surface area contributed by atoms with E-state index in [-0.39, 0.29) is 16.9 Å².